The third-order valence-electron chi connectivity index (χ3n) is 3.48. The molecule has 1 aromatic carbocycles. The van der Waals surface area contributed by atoms with Crippen LogP contribution in [0.2, 0.25) is 0 Å². The van der Waals surface area contributed by atoms with E-state index in [-0.39, 0.29) is 24.4 Å². The standard InChI is InChI=1S/C14H19BrN4O2/c15-10-5-9(6-11(16)7-10)14(21)18-12-1-3-19(4-2-12)8-13(17)20/h5-7,12H,1-4,8,16H2,(H2,17,20)(H,18,21). The van der Waals surface area contributed by atoms with E-state index in [0.717, 1.165) is 30.4 Å². The first-order chi connectivity index (χ1) is 9.94. The van der Waals surface area contributed by atoms with Crippen molar-refractivity contribution >= 4 is 33.4 Å². The summed E-state index contributed by atoms with van der Waals surface area (Å²) >= 11 is 3.33. The molecule has 0 atom stereocenters. The third-order valence-corrected chi connectivity index (χ3v) is 3.94. The minimum atomic E-state index is -0.318. The zero-order chi connectivity index (χ0) is 15.4. The zero-order valence-electron chi connectivity index (χ0n) is 11.6. The minimum Gasteiger partial charge on any atom is -0.399 e. The Kier molecular flexibility index (Phi) is 5.19. The van der Waals surface area contributed by atoms with Gasteiger partial charge in [0.25, 0.3) is 5.91 Å². The number of piperidine rings is 1. The summed E-state index contributed by atoms with van der Waals surface area (Å²) in [6.45, 7) is 1.80. The Morgan fingerprint density at radius 1 is 1.29 bits per heavy atom. The molecule has 0 spiro atoms. The molecule has 0 bridgehead atoms. The number of nitrogens with two attached hydrogens (primary N) is 2. The second-order valence-corrected chi connectivity index (χ2v) is 6.18. The number of nitrogens with one attached hydrogen (secondary N) is 1. The Bertz CT molecular complexity index is 522. The number of carbonyl (C=O) groups excluding carboxylic acids is 2. The molecule has 0 unspecified atom stereocenters. The quantitative estimate of drug-likeness (QED) is 0.693. The van der Waals surface area contributed by atoms with Gasteiger partial charge >= 0.3 is 0 Å². The molecule has 1 fully saturated rings. The molecule has 0 saturated carbocycles. The monoisotopic (exact) mass is 354 g/mol. The maximum Gasteiger partial charge on any atom is 0.251 e. The van der Waals surface area contributed by atoms with Gasteiger partial charge in [0.05, 0.1) is 6.54 Å². The fourth-order valence-corrected chi connectivity index (χ4v) is 2.98. The van der Waals surface area contributed by atoms with Crippen LogP contribution in [-0.2, 0) is 4.79 Å². The molecule has 114 valence electrons. The lowest BCUT2D eigenvalue weighted by atomic mass is 10.0. The average molecular weight is 355 g/mol. The number of primary amides is 1. The molecule has 1 aliphatic rings. The Hall–Kier alpha value is -1.60. The molecule has 7 heteroatoms. The molecule has 0 aliphatic carbocycles. The number of benzene rings is 1. The van der Waals surface area contributed by atoms with E-state index < -0.39 is 0 Å². The van der Waals surface area contributed by atoms with E-state index in [4.69, 9.17) is 11.5 Å². The predicted molar refractivity (Wildman–Crippen MR) is 84.7 cm³/mol. The van der Waals surface area contributed by atoms with E-state index in [2.05, 4.69) is 21.2 Å². The highest BCUT2D eigenvalue weighted by Crippen LogP contribution is 2.18. The second-order valence-electron chi connectivity index (χ2n) is 5.26. The van der Waals surface area contributed by atoms with Gasteiger partial charge in [-0.25, -0.2) is 0 Å². The van der Waals surface area contributed by atoms with Gasteiger partial charge in [0, 0.05) is 34.9 Å². The first-order valence-electron chi connectivity index (χ1n) is 6.81. The average Bonchev–Trinajstić information content (AvgIpc) is 2.39. The van der Waals surface area contributed by atoms with Gasteiger partial charge in [-0.05, 0) is 31.0 Å². The summed E-state index contributed by atoms with van der Waals surface area (Å²) in [5.41, 5.74) is 12.0. The van der Waals surface area contributed by atoms with Crippen LogP contribution in [0, 0.1) is 0 Å². The lowest BCUT2D eigenvalue weighted by molar-refractivity contribution is -0.119. The van der Waals surface area contributed by atoms with E-state index in [9.17, 15) is 9.59 Å². The van der Waals surface area contributed by atoms with E-state index in [1.165, 1.54) is 0 Å². The van der Waals surface area contributed by atoms with Crippen molar-refractivity contribution in [2.24, 2.45) is 5.73 Å². The maximum atomic E-state index is 12.2. The first kappa shape index (κ1) is 15.8. The highest BCUT2D eigenvalue weighted by molar-refractivity contribution is 9.10. The zero-order valence-corrected chi connectivity index (χ0v) is 13.2. The van der Waals surface area contributed by atoms with Crippen molar-refractivity contribution in [3.05, 3.63) is 28.2 Å². The van der Waals surface area contributed by atoms with Crippen molar-refractivity contribution in [2.45, 2.75) is 18.9 Å². The van der Waals surface area contributed by atoms with Crippen LogP contribution in [0.15, 0.2) is 22.7 Å². The fourth-order valence-electron chi connectivity index (χ4n) is 2.47. The van der Waals surface area contributed by atoms with Crippen LogP contribution in [0.4, 0.5) is 5.69 Å². The van der Waals surface area contributed by atoms with Crippen LogP contribution in [-0.4, -0.2) is 42.4 Å². The number of hydrogen-bond donors (Lipinski definition) is 3. The molecular weight excluding hydrogens is 336 g/mol. The molecule has 0 aromatic heterocycles. The molecule has 2 rings (SSSR count). The van der Waals surface area contributed by atoms with E-state index >= 15 is 0 Å². The summed E-state index contributed by atoms with van der Waals surface area (Å²) in [4.78, 5) is 25.1. The number of anilines is 1. The highest BCUT2D eigenvalue weighted by atomic mass is 79.9. The van der Waals surface area contributed by atoms with E-state index in [0.29, 0.717) is 11.3 Å². The molecule has 6 nitrogen and oxygen atoms in total. The predicted octanol–water partition coefficient (Wildman–Crippen LogP) is 0.711. The van der Waals surface area contributed by atoms with Gasteiger partial charge in [-0.3, -0.25) is 14.5 Å². The number of carbonyl (C=O) groups is 2. The summed E-state index contributed by atoms with van der Waals surface area (Å²) in [6, 6.07) is 5.26. The van der Waals surface area contributed by atoms with Crippen molar-refractivity contribution in [3.63, 3.8) is 0 Å². The van der Waals surface area contributed by atoms with Gasteiger partial charge in [0.15, 0.2) is 0 Å². The number of halogens is 1. The summed E-state index contributed by atoms with van der Waals surface area (Å²) < 4.78 is 0.781. The molecule has 21 heavy (non-hydrogen) atoms. The van der Waals surface area contributed by atoms with Crippen LogP contribution >= 0.6 is 15.9 Å². The van der Waals surface area contributed by atoms with Crippen LogP contribution in [0.25, 0.3) is 0 Å². The molecule has 1 aliphatic heterocycles. The van der Waals surface area contributed by atoms with Gasteiger partial charge in [-0.2, -0.15) is 0 Å². The van der Waals surface area contributed by atoms with Crippen molar-refractivity contribution in [2.75, 3.05) is 25.4 Å². The van der Waals surface area contributed by atoms with Gasteiger partial charge in [-0.15, -0.1) is 0 Å². The molecule has 2 amide bonds. The molecule has 5 N–H and O–H groups in total. The summed E-state index contributed by atoms with van der Waals surface area (Å²) in [6.07, 6.45) is 1.62. The molecule has 1 aromatic rings. The lowest BCUT2D eigenvalue weighted by Gasteiger charge is -2.31. The number of likely N-dealkylation sites (tertiary alicyclic amines) is 1. The van der Waals surface area contributed by atoms with Gasteiger partial charge in [0.2, 0.25) is 5.91 Å². The van der Waals surface area contributed by atoms with Crippen molar-refractivity contribution in [3.8, 4) is 0 Å². The lowest BCUT2D eigenvalue weighted by Crippen LogP contribution is -2.46. The third kappa shape index (κ3) is 4.71. The first-order valence-corrected chi connectivity index (χ1v) is 7.61. The van der Waals surface area contributed by atoms with Gasteiger partial charge in [-0.1, -0.05) is 15.9 Å². The number of nitrogens with zero attached hydrogens (tertiary/aromatic N) is 1. The summed E-state index contributed by atoms with van der Waals surface area (Å²) in [5.74, 6) is -0.446. The van der Waals surface area contributed by atoms with E-state index in [1.807, 2.05) is 4.90 Å². The smallest absolute Gasteiger partial charge is 0.251 e. The Balaban J connectivity index is 1.88. The van der Waals surface area contributed by atoms with Crippen LogP contribution in [0.3, 0.4) is 0 Å². The normalized spacial score (nSPS) is 16.6. The topological polar surface area (TPSA) is 101 Å². The van der Waals surface area contributed by atoms with Gasteiger partial charge in [0.1, 0.15) is 0 Å². The van der Waals surface area contributed by atoms with Gasteiger partial charge < -0.3 is 16.8 Å². The SMILES string of the molecule is NC(=O)CN1CCC(NC(=O)c2cc(N)cc(Br)c2)CC1. The summed E-state index contributed by atoms with van der Waals surface area (Å²) in [5, 5.41) is 3.01. The molecule has 1 heterocycles. The van der Waals surface area contributed by atoms with E-state index in [1.54, 1.807) is 18.2 Å². The maximum absolute atomic E-state index is 12.2. The number of hydrogen-bond acceptors (Lipinski definition) is 4. The van der Waals surface area contributed by atoms with Crippen molar-refractivity contribution < 1.29 is 9.59 Å². The number of nitrogen functional groups attached to an aromatic ring is 1. The second kappa shape index (κ2) is 6.91. The highest BCUT2D eigenvalue weighted by Gasteiger charge is 2.22. The largest absolute Gasteiger partial charge is 0.399 e. The number of rotatable bonds is 4. The Morgan fingerprint density at radius 3 is 2.52 bits per heavy atom. The Labute approximate surface area is 132 Å². The molecule has 0 radical (unpaired) electrons. The van der Waals surface area contributed by atoms with Crippen molar-refractivity contribution in [1.29, 1.82) is 0 Å². The fraction of sp³-hybridized carbons (Fsp3) is 0.429. The van der Waals surface area contributed by atoms with Crippen LogP contribution in [0.1, 0.15) is 23.2 Å². The molecule has 1 saturated heterocycles. The minimum absolute atomic E-state index is 0.113. The molecular formula is C14H19BrN4O2. The van der Waals surface area contributed by atoms with Crippen LogP contribution < -0.4 is 16.8 Å². The van der Waals surface area contributed by atoms with Crippen molar-refractivity contribution in [1.82, 2.24) is 10.2 Å². The van der Waals surface area contributed by atoms with Crippen LogP contribution in [0.5, 0.6) is 0 Å². The Morgan fingerprint density at radius 2 is 1.95 bits per heavy atom. The summed E-state index contributed by atoms with van der Waals surface area (Å²) in [7, 11) is 0. The number of amides is 2.